The molecule has 0 unspecified atom stereocenters. The van der Waals surface area contributed by atoms with Gasteiger partial charge in [-0.3, -0.25) is 4.79 Å². The summed E-state index contributed by atoms with van der Waals surface area (Å²) < 4.78 is 26.7. The number of nitrogens with zero attached hydrogens (tertiary/aromatic N) is 2. The SMILES string of the molecule is O=C(CCS(=O)(=O)N1CCCCC1)N(Cc1ccccc1)c1ccccc1. The Balaban J connectivity index is 1.71. The number of carbonyl (C=O) groups excluding carboxylic acids is 1. The minimum atomic E-state index is -3.38. The first-order valence-electron chi connectivity index (χ1n) is 9.43. The molecule has 0 aromatic heterocycles. The third kappa shape index (κ3) is 5.40. The molecule has 1 aliphatic heterocycles. The van der Waals surface area contributed by atoms with Crippen LogP contribution in [0.25, 0.3) is 0 Å². The van der Waals surface area contributed by atoms with Gasteiger partial charge in [0.05, 0.1) is 12.3 Å². The zero-order valence-corrected chi connectivity index (χ0v) is 16.3. The lowest BCUT2D eigenvalue weighted by Gasteiger charge is -2.27. The Morgan fingerprint density at radius 2 is 1.48 bits per heavy atom. The molecule has 27 heavy (non-hydrogen) atoms. The first-order chi connectivity index (χ1) is 13.1. The topological polar surface area (TPSA) is 57.7 Å². The second kappa shape index (κ2) is 9.15. The molecule has 2 aromatic rings. The summed E-state index contributed by atoms with van der Waals surface area (Å²) >= 11 is 0. The van der Waals surface area contributed by atoms with Crippen LogP contribution in [0.3, 0.4) is 0 Å². The fourth-order valence-corrected chi connectivity index (χ4v) is 4.83. The normalized spacial score (nSPS) is 15.4. The van der Waals surface area contributed by atoms with Crippen molar-refractivity contribution >= 4 is 21.6 Å². The van der Waals surface area contributed by atoms with Crippen molar-refractivity contribution in [1.29, 1.82) is 0 Å². The maximum absolute atomic E-state index is 12.9. The minimum Gasteiger partial charge on any atom is -0.308 e. The molecule has 1 amide bonds. The van der Waals surface area contributed by atoms with Gasteiger partial charge in [0.25, 0.3) is 0 Å². The van der Waals surface area contributed by atoms with Gasteiger partial charge >= 0.3 is 0 Å². The number of amides is 1. The number of para-hydroxylation sites is 1. The molecule has 1 aliphatic rings. The summed E-state index contributed by atoms with van der Waals surface area (Å²) in [4.78, 5) is 14.6. The molecule has 2 aromatic carbocycles. The summed E-state index contributed by atoms with van der Waals surface area (Å²) in [5, 5.41) is 0. The van der Waals surface area contributed by atoms with Crippen LogP contribution in [0.5, 0.6) is 0 Å². The van der Waals surface area contributed by atoms with E-state index in [-0.39, 0.29) is 18.1 Å². The molecular formula is C21H26N2O3S. The van der Waals surface area contributed by atoms with Crippen LogP contribution in [0.2, 0.25) is 0 Å². The average molecular weight is 387 g/mol. The number of benzene rings is 2. The molecule has 0 N–H and O–H groups in total. The molecule has 0 atom stereocenters. The van der Waals surface area contributed by atoms with Crippen molar-refractivity contribution in [2.24, 2.45) is 0 Å². The Labute approximate surface area is 161 Å². The summed E-state index contributed by atoms with van der Waals surface area (Å²) in [6, 6.07) is 19.1. The van der Waals surface area contributed by atoms with Gasteiger partial charge < -0.3 is 4.90 Å². The lowest BCUT2D eigenvalue weighted by Crippen LogP contribution is -2.39. The standard InChI is InChI=1S/C21H26N2O3S/c24-21(14-17-27(25,26)22-15-8-3-9-16-22)23(20-12-6-2-7-13-20)18-19-10-4-1-5-11-19/h1-2,4-7,10-13H,3,8-9,14-18H2. The predicted molar refractivity (Wildman–Crippen MR) is 108 cm³/mol. The van der Waals surface area contributed by atoms with Crippen LogP contribution in [0.15, 0.2) is 60.7 Å². The largest absolute Gasteiger partial charge is 0.308 e. The maximum Gasteiger partial charge on any atom is 0.228 e. The van der Waals surface area contributed by atoms with Crippen molar-refractivity contribution in [3.63, 3.8) is 0 Å². The van der Waals surface area contributed by atoms with Crippen molar-refractivity contribution in [2.45, 2.75) is 32.2 Å². The van der Waals surface area contributed by atoms with E-state index in [1.54, 1.807) is 4.90 Å². The Hall–Kier alpha value is -2.18. The Kier molecular flexibility index (Phi) is 6.63. The van der Waals surface area contributed by atoms with E-state index in [1.807, 2.05) is 60.7 Å². The van der Waals surface area contributed by atoms with Gasteiger partial charge in [-0.1, -0.05) is 55.0 Å². The highest BCUT2D eigenvalue weighted by Gasteiger charge is 2.26. The van der Waals surface area contributed by atoms with Crippen LogP contribution in [-0.2, 0) is 21.4 Å². The molecule has 0 bridgehead atoms. The van der Waals surface area contributed by atoms with Gasteiger partial charge in [0.1, 0.15) is 0 Å². The lowest BCUT2D eigenvalue weighted by atomic mass is 10.2. The summed E-state index contributed by atoms with van der Waals surface area (Å²) in [5.41, 5.74) is 1.79. The summed E-state index contributed by atoms with van der Waals surface area (Å²) in [7, 11) is -3.38. The quantitative estimate of drug-likeness (QED) is 0.733. The second-order valence-electron chi connectivity index (χ2n) is 6.83. The monoisotopic (exact) mass is 386 g/mol. The first-order valence-corrected chi connectivity index (χ1v) is 11.0. The molecule has 3 rings (SSSR count). The average Bonchev–Trinajstić information content (AvgIpc) is 2.72. The summed E-state index contributed by atoms with van der Waals surface area (Å²) in [5.74, 6) is -0.310. The molecule has 0 radical (unpaired) electrons. The Morgan fingerprint density at radius 1 is 0.889 bits per heavy atom. The molecule has 6 heteroatoms. The van der Waals surface area contributed by atoms with Gasteiger partial charge in [0.15, 0.2) is 0 Å². The minimum absolute atomic E-state index is 0.0133. The third-order valence-electron chi connectivity index (χ3n) is 4.83. The number of piperidine rings is 1. The van der Waals surface area contributed by atoms with Gasteiger partial charge in [0, 0.05) is 25.2 Å². The maximum atomic E-state index is 12.9. The number of sulfonamides is 1. The Morgan fingerprint density at radius 3 is 2.11 bits per heavy atom. The molecular weight excluding hydrogens is 360 g/mol. The van der Waals surface area contributed by atoms with E-state index in [0.717, 1.165) is 30.5 Å². The predicted octanol–water partition coefficient (Wildman–Crippen LogP) is 3.43. The van der Waals surface area contributed by atoms with Crippen molar-refractivity contribution in [3.8, 4) is 0 Å². The van der Waals surface area contributed by atoms with Crippen molar-refractivity contribution < 1.29 is 13.2 Å². The van der Waals surface area contributed by atoms with Crippen LogP contribution in [0.4, 0.5) is 5.69 Å². The molecule has 0 spiro atoms. The highest BCUT2D eigenvalue weighted by atomic mass is 32.2. The van der Waals surface area contributed by atoms with E-state index in [0.29, 0.717) is 19.6 Å². The molecule has 5 nitrogen and oxygen atoms in total. The van der Waals surface area contributed by atoms with Gasteiger partial charge in [0.2, 0.25) is 15.9 Å². The van der Waals surface area contributed by atoms with Gasteiger partial charge in [-0.05, 0) is 30.5 Å². The van der Waals surface area contributed by atoms with E-state index >= 15 is 0 Å². The number of hydrogen-bond donors (Lipinski definition) is 0. The van der Waals surface area contributed by atoms with Crippen molar-refractivity contribution in [3.05, 3.63) is 66.2 Å². The number of rotatable bonds is 7. The van der Waals surface area contributed by atoms with Gasteiger partial charge in [-0.25, -0.2) is 12.7 Å². The fourth-order valence-electron chi connectivity index (χ4n) is 3.32. The zero-order valence-electron chi connectivity index (χ0n) is 15.5. The molecule has 1 fully saturated rings. The van der Waals surface area contributed by atoms with Crippen LogP contribution in [-0.4, -0.2) is 37.5 Å². The van der Waals surface area contributed by atoms with Crippen LogP contribution >= 0.6 is 0 Å². The zero-order chi connectivity index (χ0) is 19.1. The molecule has 1 saturated heterocycles. The first kappa shape index (κ1) is 19.6. The van der Waals surface area contributed by atoms with E-state index in [4.69, 9.17) is 0 Å². The van der Waals surface area contributed by atoms with Crippen LogP contribution in [0, 0.1) is 0 Å². The van der Waals surface area contributed by atoms with Crippen molar-refractivity contribution in [2.75, 3.05) is 23.7 Å². The van der Waals surface area contributed by atoms with Crippen LogP contribution < -0.4 is 4.90 Å². The van der Waals surface area contributed by atoms with Crippen molar-refractivity contribution in [1.82, 2.24) is 4.31 Å². The smallest absolute Gasteiger partial charge is 0.228 e. The van der Waals surface area contributed by atoms with Crippen LogP contribution in [0.1, 0.15) is 31.2 Å². The van der Waals surface area contributed by atoms with Gasteiger partial charge in [-0.2, -0.15) is 0 Å². The summed E-state index contributed by atoms with van der Waals surface area (Å²) in [6.07, 6.45) is 2.86. The molecule has 144 valence electrons. The highest BCUT2D eigenvalue weighted by Crippen LogP contribution is 2.19. The van der Waals surface area contributed by atoms with Gasteiger partial charge in [-0.15, -0.1) is 0 Å². The summed E-state index contributed by atoms with van der Waals surface area (Å²) in [6.45, 7) is 1.57. The van der Waals surface area contributed by atoms with E-state index in [1.165, 1.54) is 4.31 Å². The van der Waals surface area contributed by atoms with E-state index < -0.39 is 10.0 Å². The molecule has 1 heterocycles. The fraction of sp³-hybridized carbons (Fsp3) is 0.381. The number of hydrogen-bond acceptors (Lipinski definition) is 3. The Bertz CT molecular complexity index is 832. The lowest BCUT2D eigenvalue weighted by molar-refractivity contribution is -0.118. The highest BCUT2D eigenvalue weighted by molar-refractivity contribution is 7.89. The molecule has 0 saturated carbocycles. The van der Waals surface area contributed by atoms with E-state index in [9.17, 15) is 13.2 Å². The second-order valence-corrected chi connectivity index (χ2v) is 8.92. The third-order valence-corrected chi connectivity index (χ3v) is 6.71. The molecule has 0 aliphatic carbocycles. The van der Waals surface area contributed by atoms with E-state index in [2.05, 4.69) is 0 Å². The number of carbonyl (C=O) groups is 1. The number of anilines is 1.